The summed E-state index contributed by atoms with van der Waals surface area (Å²) in [4.78, 5) is 26.4. The minimum absolute atomic E-state index is 0. The van der Waals surface area contributed by atoms with Gasteiger partial charge in [0.25, 0.3) is 0 Å². The molecular weight excluding hydrogens is 361 g/mol. The highest BCUT2D eigenvalue weighted by molar-refractivity contribution is 6.31. The third-order valence-electron chi connectivity index (χ3n) is 4.90. The van der Waals surface area contributed by atoms with Gasteiger partial charge < -0.3 is 15.5 Å². The van der Waals surface area contributed by atoms with Gasteiger partial charge in [0.2, 0.25) is 11.8 Å². The molecule has 0 aliphatic carbocycles. The van der Waals surface area contributed by atoms with Crippen molar-refractivity contribution in [1.29, 1.82) is 0 Å². The Morgan fingerprint density at radius 2 is 2.04 bits per heavy atom. The van der Waals surface area contributed by atoms with Crippen molar-refractivity contribution < 1.29 is 9.59 Å². The molecule has 0 aromatic heterocycles. The molecule has 0 bridgehead atoms. The smallest absolute Gasteiger partial charge is 0.249 e. The predicted molar refractivity (Wildman–Crippen MR) is 102 cm³/mol. The molecule has 2 N–H and O–H groups in total. The van der Waals surface area contributed by atoms with Gasteiger partial charge in [0.05, 0.1) is 0 Å². The summed E-state index contributed by atoms with van der Waals surface area (Å²) in [5, 5.41) is 6.84. The highest BCUT2D eigenvalue weighted by atomic mass is 35.5. The van der Waals surface area contributed by atoms with Gasteiger partial charge in [-0.15, -0.1) is 12.4 Å². The van der Waals surface area contributed by atoms with E-state index in [2.05, 4.69) is 10.6 Å². The summed E-state index contributed by atoms with van der Waals surface area (Å²) < 4.78 is 0. The molecule has 2 aliphatic rings. The standard InChI is InChI=1S/C18H24ClN3O2.ClH/c19-14-2-1-3-15(12-14)22-11-8-16(18(22)24)21-17(23)5-4-13-6-9-20-10-7-13;/h1-3,12-13,16,20H,4-11H2,(H,21,23);1H. The summed E-state index contributed by atoms with van der Waals surface area (Å²) in [6.07, 6.45) is 4.33. The molecule has 1 aromatic carbocycles. The van der Waals surface area contributed by atoms with E-state index in [0.717, 1.165) is 38.0 Å². The zero-order valence-electron chi connectivity index (χ0n) is 14.2. The van der Waals surface area contributed by atoms with Crippen LogP contribution in [0.25, 0.3) is 0 Å². The topological polar surface area (TPSA) is 61.4 Å². The van der Waals surface area contributed by atoms with Crippen LogP contribution in [0.15, 0.2) is 24.3 Å². The first kappa shape index (κ1) is 20.0. The number of hydrogen-bond acceptors (Lipinski definition) is 3. The Morgan fingerprint density at radius 3 is 2.76 bits per heavy atom. The van der Waals surface area contributed by atoms with E-state index in [1.807, 2.05) is 12.1 Å². The lowest BCUT2D eigenvalue weighted by Gasteiger charge is -2.22. The van der Waals surface area contributed by atoms with Gasteiger partial charge in [0, 0.05) is 23.7 Å². The summed E-state index contributed by atoms with van der Waals surface area (Å²) >= 11 is 5.99. The molecule has 0 radical (unpaired) electrons. The van der Waals surface area contributed by atoms with Crippen molar-refractivity contribution in [2.24, 2.45) is 5.92 Å². The normalized spacial score (nSPS) is 21.1. The number of rotatable bonds is 5. The van der Waals surface area contributed by atoms with Crippen molar-refractivity contribution in [2.45, 2.75) is 38.1 Å². The minimum atomic E-state index is -0.412. The molecule has 2 amide bonds. The molecule has 2 saturated heterocycles. The van der Waals surface area contributed by atoms with Gasteiger partial charge in [-0.25, -0.2) is 0 Å². The lowest BCUT2D eigenvalue weighted by Crippen LogP contribution is -2.41. The van der Waals surface area contributed by atoms with Crippen molar-refractivity contribution in [2.75, 3.05) is 24.5 Å². The average Bonchev–Trinajstić information content (AvgIpc) is 2.95. The Morgan fingerprint density at radius 1 is 1.28 bits per heavy atom. The second-order valence-electron chi connectivity index (χ2n) is 6.61. The zero-order valence-corrected chi connectivity index (χ0v) is 15.7. The molecule has 1 unspecified atom stereocenters. The van der Waals surface area contributed by atoms with Gasteiger partial charge in [-0.05, 0) is 62.9 Å². The van der Waals surface area contributed by atoms with E-state index in [1.54, 1.807) is 17.0 Å². The molecule has 0 saturated carbocycles. The fraction of sp³-hybridized carbons (Fsp3) is 0.556. The molecule has 25 heavy (non-hydrogen) atoms. The monoisotopic (exact) mass is 385 g/mol. The quantitative estimate of drug-likeness (QED) is 0.818. The van der Waals surface area contributed by atoms with Gasteiger partial charge in [0.1, 0.15) is 6.04 Å². The fourth-order valence-electron chi connectivity index (χ4n) is 3.49. The molecule has 2 aliphatic heterocycles. The number of halogens is 2. The summed E-state index contributed by atoms with van der Waals surface area (Å²) in [5.74, 6) is 0.562. The molecule has 3 rings (SSSR count). The largest absolute Gasteiger partial charge is 0.344 e. The molecule has 2 heterocycles. The van der Waals surface area contributed by atoms with Gasteiger partial charge in [-0.3, -0.25) is 9.59 Å². The highest BCUT2D eigenvalue weighted by Crippen LogP contribution is 2.24. The molecule has 1 aromatic rings. The van der Waals surface area contributed by atoms with Crippen molar-refractivity contribution in [3.8, 4) is 0 Å². The lowest BCUT2D eigenvalue weighted by molar-refractivity contribution is -0.126. The van der Waals surface area contributed by atoms with E-state index in [4.69, 9.17) is 11.6 Å². The number of carbonyl (C=O) groups excluding carboxylic acids is 2. The molecule has 1 atom stereocenters. The van der Waals surface area contributed by atoms with Crippen LogP contribution < -0.4 is 15.5 Å². The molecular formula is C18H25Cl2N3O2. The lowest BCUT2D eigenvalue weighted by atomic mass is 9.93. The van der Waals surface area contributed by atoms with Crippen LogP contribution in [-0.2, 0) is 9.59 Å². The molecule has 0 spiro atoms. The van der Waals surface area contributed by atoms with E-state index in [1.165, 1.54) is 0 Å². The van der Waals surface area contributed by atoms with Crippen molar-refractivity contribution >= 4 is 41.5 Å². The number of hydrogen-bond donors (Lipinski definition) is 2. The van der Waals surface area contributed by atoms with E-state index in [-0.39, 0.29) is 24.2 Å². The predicted octanol–water partition coefficient (Wildman–Crippen LogP) is 2.76. The summed E-state index contributed by atoms with van der Waals surface area (Å²) in [5.41, 5.74) is 0.791. The van der Waals surface area contributed by atoms with Crippen LogP contribution >= 0.6 is 24.0 Å². The van der Waals surface area contributed by atoms with Crippen molar-refractivity contribution in [3.63, 3.8) is 0 Å². The fourth-order valence-corrected chi connectivity index (χ4v) is 3.67. The van der Waals surface area contributed by atoms with E-state index in [0.29, 0.717) is 30.3 Å². The van der Waals surface area contributed by atoms with Crippen molar-refractivity contribution in [3.05, 3.63) is 29.3 Å². The maximum Gasteiger partial charge on any atom is 0.249 e. The van der Waals surface area contributed by atoms with E-state index < -0.39 is 6.04 Å². The first-order chi connectivity index (χ1) is 11.6. The van der Waals surface area contributed by atoms with Gasteiger partial charge in [-0.2, -0.15) is 0 Å². The van der Waals surface area contributed by atoms with E-state index >= 15 is 0 Å². The molecule has 7 heteroatoms. The number of nitrogens with one attached hydrogen (secondary N) is 2. The van der Waals surface area contributed by atoms with E-state index in [9.17, 15) is 9.59 Å². The Bertz CT molecular complexity index is 606. The first-order valence-corrected chi connectivity index (χ1v) is 9.08. The minimum Gasteiger partial charge on any atom is -0.344 e. The van der Waals surface area contributed by atoms with Gasteiger partial charge in [-0.1, -0.05) is 17.7 Å². The number of carbonyl (C=O) groups is 2. The number of benzene rings is 1. The highest BCUT2D eigenvalue weighted by Gasteiger charge is 2.33. The van der Waals surface area contributed by atoms with Crippen LogP contribution in [0, 0.1) is 5.92 Å². The summed E-state index contributed by atoms with van der Waals surface area (Å²) in [7, 11) is 0. The Kier molecular flexibility index (Phi) is 7.54. The van der Waals surface area contributed by atoms with Crippen LogP contribution in [0.5, 0.6) is 0 Å². The summed E-state index contributed by atoms with van der Waals surface area (Å²) in [6, 6.07) is 6.84. The molecule has 138 valence electrons. The average molecular weight is 386 g/mol. The van der Waals surface area contributed by atoms with Gasteiger partial charge in [0.15, 0.2) is 0 Å². The second kappa shape index (κ2) is 9.41. The maximum absolute atomic E-state index is 12.5. The third-order valence-corrected chi connectivity index (χ3v) is 5.13. The number of anilines is 1. The Balaban J connectivity index is 0.00000225. The second-order valence-corrected chi connectivity index (χ2v) is 7.05. The summed E-state index contributed by atoms with van der Waals surface area (Å²) in [6.45, 7) is 2.70. The van der Waals surface area contributed by atoms with Crippen LogP contribution in [-0.4, -0.2) is 37.5 Å². The van der Waals surface area contributed by atoms with Crippen LogP contribution in [0.2, 0.25) is 5.02 Å². The maximum atomic E-state index is 12.5. The third kappa shape index (κ3) is 5.33. The molecule has 5 nitrogen and oxygen atoms in total. The van der Waals surface area contributed by atoms with Crippen LogP contribution in [0.1, 0.15) is 32.1 Å². The van der Waals surface area contributed by atoms with Crippen molar-refractivity contribution in [1.82, 2.24) is 10.6 Å². The van der Waals surface area contributed by atoms with Gasteiger partial charge >= 0.3 is 0 Å². The van der Waals surface area contributed by atoms with Crippen LogP contribution in [0.4, 0.5) is 5.69 Å². The number of amides is 2. The number of nitrogens with zero attached hydrogens (tertiary/aromatic N) is 1. The number of piperidine rings is 1. The SMILES string of the molecule is Cl.O=C(CCC1CCNCC1)NC1CCN(c2cccc(Cl)c2)C1=O. The Hall–Kier alpha value is -1.30. The molecule has 2 fully saturated rings. The van der Waals surface area contributed by atoms with Crippen LogP contribution in [0.3, 0.4) is 0 Å². The zero-order chi connectivity index (χ0) is 16.9. The Labute approximate surface area is 159 Å². The first-order valence-electron chi connectivity index (χ1n) is 8.70.